The Balaban J connectivity index is 1.58. The number of hydrogen-bond donors (Lipinski definition) is 1. The lowest BCUT2D eigenvalue weighted by molar-refractivity contribution is 0.570. The Morgan fingerprint density at radius 3 is 2.37 bits per heavy atom. The highest BCUT2D eigenvalue weighted by molar-refractivity contribution is 7.89. The van der Waals surface area contributed by atoms with Gasteiger partial charge in [-0.15, -0.1) is 0 Å². The molecule has 0 aliphatic carbocycles. The highest BCUT2D eigenvalue weighted by Gasteiger charge is 2.14. The molecule has 0 atom stereocenters. The van der Waals surface area contributed by atoms with Crippen molar-refractivity contribution >= 4 is 10.0 Å². The number of nitrogens with one attached hydrogen (secondary N) is 1. The molecule has 6 heteroatoms. The molecule has 0 aliphatic rings. The molecule has 5 nitrogen and oxygen atoms in total. The quantitative estimate of drug-likeness (QED) is 0.634. The Morgan fingerprint density at radius 1 is 1.00 bits per heavy atom. The maximum absolute atomic E-state index is 12.4. The Labute approximate surface area is 160 Å². The molecule has 0 unspecified atom stereocenters. The number of benzene rings is 2. The predicted octanol–water partition coefficient (Wildman–Crippen LogP) is 4.12. The molecule has 2 aromatic carbocycles. The fourth-order valence-corrected chi connectivity index (χ4v) is 3.80. The van der Waals surface area contributed by atoms with Crippen LogP contribution in [0.1, 0.15) is 30.2 Å². The summed E-state index contributed by atoms with van der Waals surface area (Å²) in [7, 11) is -3.52. The van der Waals surface area contributed by atoms with Crippen molar-refractivity contribution in [1.82, 2.24) is 9.71 Å². The molecule has 27 heavy (non-hydrogen) atoms. The molecular weight excluding hydrogens is 360 g/mol. The van der Waals surface area contributed by atoms with E-state index in [1.165, 1.54) is 5.56 Å². The number of sulfonamides is 1. The molecule has 0 saturated carbocycles. The molecule has 0 amide bonds. The van der Waals surface area contributed by atoms with E-state index in [0.29, 0.717) is 18.0 Å². The smallest absolute Gasteiger partial charge is 0.240 e. The molecule has 1 N–H and O–H groups in total. The average Bonchev–Trinajstić information content (AvgIpc) is 3.12. The largest absolute Gasteiger partial charge is 0.444 e. The third-order valence-electron chi connectivity index (χ3n) is 4.30. The van der Waals surface area contributed by atoms with Crippen LogP contribution in [0.2, 0.25) is 0 Å². The van der Waals surface area contributed by atoms with Crippen LogP contribution in [0, 0.1) is 6.92 Å². The summed E-state index contributed by atoms with van der Waals surface area (Å²) in [6.07, 6.45) is 4.02. The van der Waals surface area contributed by atoms with Crippen molar-refractivity contribution in [2.45, 2.75) is 38.0 Å². The van der Waals surface area contributed by atoms with Gasteiger partial charge in [0.1, 0.15) is 6.26 Å². The zero-order valence-corrected chi connectivity index (χ0v) is 16.4. The molecule has 1 heterocycles. The first-order chi connectivity index (χ1) is 13.0. The Morgan fingerprint density at radius 2 is 1.70 bits per heavy atom. The Hall–Kier alpha value is -2.44. The second-order valence-electron chi connectivity index (χ2n) is 6.55. The first kappa shape index (κ1) is 19.3. The summed E-state index contributed by atoms with van der Waals surface area (Å²) in [5, 5.41) is 0. The lowest BCUT2D eigenvalue weighted by Crippen LogP contribution is -2.26. The third-order valence-corrected chi connectivity index (χ3v) is 5.77. The van der Waals surface area contributed by atoms with Gasteiger partial charge in [0, 0.05) is 18.5 Å². The predicted molar refractivity (Wildman–Crippen MR) is 106 cm³/mol. The summed E-state index contributed by atoms with van der Waals surface area (Å²) in [5.74, 6) is 0.541. The first-order valence-electron chi connectivity index (χ1n) is 9.08. The lowest BCUT2D eigenvalue weighted by Gasteiger charge is -2.07. The van der Waals surface area contributed by atoms with Gasteiger partial charge in [0.25, 0.3) is 0 Å². The van der Waals surface area contributed by atoms with Gasteiger partial charge >= 0.3 is 0 Å². The van der Waals surface area contributed by atoms with Crippen molar-refractivity contribution < 1.29 is 12.8 Å². The van der Waals surface area contributed by atoms with E-state index in [0.717, 1.165) is 24.0 Å². The van der Waals surface area contributed by atoms with Crippen LogP contribution in [0.4, 0.5) is 0 Å². The van der Waals surface area contributed by atoms with Crippen molar-refractivity contribution in [3.63, 3.8) is 0 Å². The molecule has 3 aromatic rings. The molecular formula is C21H24N2O3S. The van der Waals surface area contributed by atoms with E-state index in [2.05, 4.69) is 16.6 Å². The van der Waals surface area contributed by atoms with Crippen LogP contribution in [-0.2, 0) is 22.9 Å². The van der Waals surface area contributed by atoms with E-state index in [-0.39, 0.29) is 11.4 Å². The van der Waals surface area contributed by atoms with E-state index in [4.69, 9.17) is 4.42 Å². The minimum Gasteiger partial charge on any atom is -0.444 e. The molecule has 3 rings (SSSR count). The van der Waals surface area contributed by atoms with Gasteiger partial charge in [0.05, 0.1) is 10.6 Å². The molecule has 0 spiro atoms. The zero-order valence-electron chi connectivity index (χ0n) is 15.6. The van der Waals surface area contributed by atoms with Crippen molar-refractivity contribution in [1.29, 1.82) is 0 Å². The van der Waals surface area contributed by atoms with Crippen molar-refractivity contribution in [2.24, 2.45) is 0 Å². The lowest BCUT2D eigenvalue weighted by atomic mass is 10.1. The van der Waals surface area contributed by atoms with Crippen LogP contribution in [0.25, 0.3) is 11.5 Å². The van der Waals surface area contributed by atoms with Crippen LogP contribution in [0.15, 0.2) is 64.1 Å². The van der Waals surface area contributed by atoms with Crippen molar-refractivity contribution in [3.8, 4) is 11.5 Å². The van der Waals surface area contributed by atoms with Gasteiger partial charge in [0.15, 0.2) is 0 Å². The minimum atomic E-state index is -3.52. The van der Waals surface area contributed by atoms with Gasteiger partial charge in [-0.2, -0.15) is 0 Å². The molecule has 0 saturated heterocycles. The average molecular weight is 385 g/mol. The summed E-state index contributed by atoms with van der Waals surface area (Å²) in [6.45, 7) is 4.38. The van der Waals surface area contributed by atoms with E-state index >= 15 is 0 Å². The van der Waals surface area contributed by atoms with Crippen LogP contribution < -0.4 is 4.72 Å². The number of oxazole rings is 1. The fraction of sp³-hybridized carbons (Fsp3) is 0.286. The number of rotatable bonds is 8. The van der Waals surface area contributed by atoms with Gasteiger partial charge in [-0.25, -0.2) is 18.1 Å². The standard InChI is InChI=1S/C21H24N2O3S/c1-3-4-17-7-11-20(12-8-17)27(24,25)22-14-13-19-15-26-21(23-19)18-9-5-16(2)6-10-18/h5-12,15,22H,3-4,13-14H2,1-2H3. The van der Waals surface area contributed by atoms with Crippen LogP contribution in [-0.4, -0.2) is 19.9 Å². The maximum Gasteiger partial charge on any atom is 0.240 e. The second-order valence-corrected chi connectivity index (χ2v) is 8.32. The molecule has 0 aliphatic heterocycles. The van der Waals surface area contributed by atoms with Gasteiger partial charge in [-0.05, 0) is 43.2 Å². The topological polar surface area (TPSA) is 72.2 Å². The van der Waals surface area contributed by atoms with Crippen LogP contribution >= 0.6 is 0 Å². The summed E-state index contributed by atoms with van der Waals surface area (Å²) in [6, 6.07) is 14.9. The molecule has 0 radical (unpaired) electrons. The summed E-state index contributed by atoms with van der Waals surface area (Å²) >= 11 is 0. The highest BCUT2D eigenvalue weighted by Crippen LogP contribution is 2.19. The second kappa shape index (κ2) is 8.50. The van der Waals surface area contributed by atoms with Crippen molar-refractivity contribution in [3.05, 3.63) is 71.6 Å². The number of aromatic nitrogens is 1. The summed E-state index contributed by atoms with van der Waals surface area (Å²) in [4.78, 5) is 4.71. The summed E-state index contributed by atoms with van der Waals surface area (Å²) in [5.41, 5.74) is 3.93. The van der Waals surface area contributed by atoms with Gasteiger partial charge in [-0.1, -0.05) is 43.2 Å². The zero-order chi connectivity index (χ0) is 19.3. The minimum absolute atomic E-state index is 0.263. The SMILES string of the molecule is CCCc1ccc(S(=O)(=O)NCCc2coc(-c3ccc(C)cc3)n2)cc1. The van der Waals surface area contributed by atoms with E-state index in [9.17, 15) is 8.42 Å². The van der Waals surface area contributed by atoms with Crippen molar-refractivity contribution in [2.75, 3.05) is 6.54 Å². The number of hydrogen-bond acceptors (Lipinski definition) is 4. The maximum atomic E-state index is 12.4. The van der Waals surface area contributed by atoms with Crippen LogP contribution in [0.3, 0.4) is 0 Å². The summed E-state index contributed by atoms with van der Waals surface area (Å²) < 4.78 is 32.9. The Bertz CT molecular complexity index is 975. The molecule has 142 valence electrons. The molecule has 1 aromatic heterocycles. The van der Waals surface area contributed by atoms with E-state index in [1.54, 1.807) is 18.4 Å². The van der Waals surface area contributed by atoms with Gasteiger partial charge < -0.3 is 4.42 Å². The monoisotopic (exact) mass is 384 g/mol. The van der Waals surface area contributed by atoms with E-state index < -0.39 is 10.0 Å². The number of aryl methyl sites for hydroxylation is 2. The molecule has 0 bridgehead atoms. The molecule has 0 fully saturated rings. The van der Waals surface area contributed by atoms with Crippen LogP contribution in [0.5, 0.6) is 0 Å². The number of nitrogens with zero attached hydrogens (tertiary/aromatic N) is 1. The normalized spacial score (nSPS) is 11.6. The van der Waals surface area contributed by atoms with Gasteiger partial charge in [0.2, 0.25) is 15.9 Å². The Kier molecular flexibility index (Phi) is 6.08. The van der Waals surface area contributed by atoms with E-state index in [1.807, 2.05) is 43.3 Å². The van der Waals surface area contributed by atoms with Gasteiger partial charge in [-0.3, -0.25) is 0 Å². The fourth-order valence-electron chi connectivity index (χ4n) is 2.77. The first-order valence-corrected chi connectivity index (χ1v) is 10.6. The third kappa shape index (κ3) is 5.05. The highest BCUT2D eigenvalue weighted by atomic mass is 32.2.